The predicted molar refractivity (Wildman–Crippen MR) is 94.2 cm³/mol. The van der Waals surface area contributed by atoms with Crippen molar-refractivity contribution >= 4 is 16.8 Å². The van der Waals surface area contributed by atoms with Crippen LogP contribution in [0.15, 0.2) is 54.7 Å². The highest BCUT2D eigenvalue weighted by Crippen LogP contribution is 2.29. The number of rotatable bonds is 5. The SMILES string of the molecule is CN(C)Cc1cc(C(N)=O)ccc1Oc1ccc2ncccc2c1. The van der Waals surface area contributed by atoms with Crippen molar-refractivity contribution in [1.29, 1.82) is 0 Å². The van der Waals surface area contributed by atoms with Crippen LogP contribution < -0.4 is 10.5 Å². The van der Waals surface area contributed by atoms with Gasteiger partial charge < -0.3 is 15.4 Å². The average Bonchev–Trinajstić information content (AvgIpc) is 2.55. The lowest BCUT2D eigenvalue weighted by atomic mass is 10.1. The lowest BCUT2D eigenvalue weighted by Gasteiger charge is -2.16. The minimum atomic E-state index is -0.446. The summed E-state index contributed by atoms with van der Waals surface area (Å²) in [6.07, 6.45) is 1.76. The summed E-state index contributed by atoms with van der Waals surface area (Å²) < 4.78 is 6.05. The van der Waals surface area contributed by atoms with E-state index in [1.807, 2.05) is 49.3 Å². The Hall–Kier alpha value is -2.92. The normalized spacial score (nSPS) is 11.0. The van der Waals surface area contributed by atoms with Crippen molar-refractivity contribution in [2.24, 2.45) is 5.73 Å². The van der Waals surface area contributed by atoms with Crippen molar-refractivity contribution in [2.75, 3.05) is 14.1 Å². The van der Waals surface area contributed by atoms with E-state index < -0.39 is 5.91 Å². The third kappa shape index (κ3) is 3.52. The first-order chi connectivity index (χ1) is 11.5. The minimum absolute atomic E-state index is 0.446. The van der Waals surface area contributed by atoms with Gasteiger partial charge in [-0.15, -0.1) is 0 Å². The number of nitrogens with zero attached hydrogens (tertiary/aromatic N) is 2. The van der Waals surface area contributed by atoms with Crippen LogP contribution >= 0.6 is 0 Å². The molecule has 2 N–H and O–H groups in total. The Morgan fingerprint density at radius 2 is 2.00 bits per heavy atom. The smallest absolute Gasteiger partial charge is 0.248 e. The predicted octanol–water partition coefficient (Wildman–Crippen LogP) is 3.19. The third-order valence-corrected chi connectivity index (χ3v) is 3.63. The molecule has 0 spiro atoms. The Labute approximate surface area is 140 Å². The number of carbonyl (C=O) groups excluding carboxylic acids is 1. The van der Waals surface area contributed by atoms with Crippen LogP contribution in [-0.4, -0.2) is 29.9 Å². The van der Waals surface area contributed by atoms with Crippen LogP contribution in [0, 0.1) is 0 Å². The quantitative estimate of drug-likeness (QED) is 0.783. The summed E-state index contributed by atoms with van der Waals surface area (Å²) in [4.78, 5) is 17.7. The average molecular weight is 321 g/mol. The van der Waals surface area contributed by atoms with Crippen molar-refractivity contribution in [3.05, 3.63) is 65.9 Å². The van der Waals surface area contributed by atoms with Gasteiger partial charge in [-0.05, 0) is 56.6 Å². The Kier molecular flexibility index (Phi) is 4.44. The molecule has 0 bridgehead atoms. The molecule has 0 saturated heterocycles. The highest BCUT2D eigenvalue weighted by molar-refractivity contribution is 5.93. The highest BCUT2D eigenvalue weighted by atomic mass is 16.5. The maximum Gasteiger partial charge on any atom is 0.248 e. The van der Waals surface area contributed by atoms with Gasteiger partial charge in [0.05, 0.1) is 5.52 Å². The Balaban J connectivity index is 1.96. The molecule has 0 aliphatic carbocycles. The zero-order valence-corrected chi connectivity index (χ0v) is 13.7. The molecule has 122 valence electrons. The molecule has 5 heteroatoms. The van der Waals surface area contributed by atoms with Crippen LogP contribution in [0.5, 0.6) is 11.5 Å². The van der Waals surface area contributed by atoms with E-state index in [1.54, 1.807) is 24.4 Å². The van der Waals surface area contributed by atoms with Crippen molar-refractivity contribution in [2.45, 2.75) is 6.54 Å². The molecule has 0 aliphatic rings. The van der Waals surface area contributed by atoms with Crippen LogP contribution in [0.3, 0.4) is 0 Å². The van der Waals surface area contributed by atoms with E-state index >= 15 is 0 Å². The monoisotopic (exact) mass is 321 g/mol. The van der Waals surface area contributed by atoms with E-state index in [1.165, 1.54) is 0 Å². The summed E-state index contributed by atoms with van der Waals surface area (Å²) in [5, 5.41) is 1.01. The molecular weight excluding hydrogens is 302 g/mol. The zero-order valence-electron chi connectivity index (χ0n) is 13.7. The van der Waals surface area contributed by atoms with Crippen molar-refractivity contribution in [3.63, 3.8) is 0 Å². The summed E-state index contributed by atoms with van der Waals surface area (Å²) in [5.41, 5.74) is 7.68. The lowest BCUT2D eigenvalue weighted by Crippen LogP contribution is -2.14. The largest absolute Gasteiger partial charge is 0.457 e. The molecule has 5 nitrogen and oxygen atoms in total. The van der Waals surface area contributed by atoms with E-state index in [0.717, 1.165) is 22.2 Å². The first-order valence-corrected chi connectivity index (χ1v) is 7.63. The molecule has 1 amide bonds. The number of fused-ring (bicyclic) bond motifs is 1. The molecule has 3 aromatic rings. The molecule has 2 aromatic carbocycles. The Morgan fingerprint density at radius 1 is 1.17 bits per heavy atom. The van der Waals surface area contributed by atoms with Gasteiger partial charge in [0.25, 0.3) is 0 Å². The van der Waals surface area contributed by atoms with Crippen LogP contribution in [0.4, 0.5) is 0 Å². The number of pyridine rings is 1. The maximum absolute atomic E-state index is 11.4. The van der Waals surface area contributed by atoms with Crippen LogP contribution in [0.2, 0.25) is 0 Å². The van der Waals surface area contributed by atoms with Gasteiger partial charge in [0.1, 0.15) is 11.5 Å². The second-order valence-corrected chi connectivity index (χ2v) is 5.88. The molecule has 0 radical (unpaired) electrons. The molecule has 0 unspecified atom stereocenters. The number of benzene rings is 2. The molecule has 0 atom stereocenters. The van der Waals surface area contributed by atoms with Crippen molar-refractivity contribution in [3.8, 4) is 11.5 Å². The maximum atomic E-state index is 11.4. The number of aromatic nitrogens is 1. The van der Waals surface area contributed by atoms with Crippen molar-refractivity contribution in [1.82, 2.24) is 9.88 Å². The molecule has 0 saturated carbocycles. The fourth-order valence-corrected chi connectivity index (χ4v) is 2.54. The van der Waals surface area contributed by atoms with E-state index in [4.69, 9.17) is 10.5 Å². The van der Waals surface area contributed by atoms with Gasteiger partial charge in [0, 0.05) is 29.3 Å². The number of carbonyl (C=O) groups is 1. The first kappa shape index (κ1) is 16.0. The van der Waals surface area contributed by atoms with E-state index in [-0.39, 0.29) is 0 Å². The summed E-state index contributed by atoms with van der Waals surface area (Å²) in [6, 6.07) is 14.9. The molecule has 1 heterocycles. The fraction of sp³-hybridized carbons (Fsp3) is 0.158. The van der Waals surface area contributed by atoms with Gasteiger partial charge in [-0.2, -0.15) is 0 Å². The fourth-order valence-electron chi connectivity index (χ4n) is 2.54. The molecular formula is C19H19N3O2. The summed E-state index contributed by atoms with van der Waals surface area (Å²) >= 11 is 0. The van der Waals surface area contributed by atoms with Gasteiger partial charge in [-0.1, -0.05) is 6.07 Å². The van der Waals surface area contributed by atoms with Gasteiger partial charge in [-0.25, -0.2) is 0 Å². The zero-order chi connectivity index (χ0) is 17.1. The lowest BCUT2D eigenvalue weighted by molar-refractivity contribution is 0.1000. The highest BCUT2D eigenvalue weighted by Gasteiger charge is 2.11. The number of ether oxygens (including phenoxy) is 1. The number of hydrogen-bond acceptors (Lipinski definition) is 4. The Morgan fingerprint density at radius 3 is 2.75 bits per heavy atom. The third-order valence-electron chi connectivity index (χ3n) is 3.63. The van der Waals surface area contributed by atoms with Crippen LogP contribution in [-0.2, 0) is 6.54 Å². The Bertz CT molecular complexity index is 891. The van der Waals surface area contributed by atoms with Crippen LogP contribution in [0.1, 0.15) is 15.9 Å². The first-order valence-electron chi connectivity index (χ1n) is 7.63. The number of amides is 1. The summed E-state index contributed by atoms with van der Waals surface area (Å²) in [7, 11) is 3.92. The number of hydrogen-bond donors (Lipinski definition) is 1. The van der Waals surface area contributed by atoms with E-state index in [2.05, 4.69) is 4.98 Å². The topological polar surface area (TPSA) is 68.5 Å². The molecule has 1 aromatic heterocycles. The standard InChI is InChI=1S/C19H19N3O2/c1-22(2)12-15-10-14(19(20)23)5-8-18(15)24-16-6-7-17-13(11-16)4-3-9-21-17/h3-11H,12H2,1-2H3,(H2,20,23). The summed E-state index contributed by atoms with van der Waals surface area (Å²) in [5.74, 6) is 0.984. The molecule has 3 rings (SSSR count). The van der Waals surface area contributed by atoms with Crippen LogP contribution in [0.25, 0.3) is 10.9 Å². The van der Waals surface area contributed by atoms with Gasteiger partial charge in [-0.3, -0.25) is 9.78 Å². The van der Waals surface area contributed by atoms with E-state index in [9.17, 15) is 4.79 Å². The summed E-state index contributed by atoms with van der Waals surface area (Å²) in [6.45, 7) is 0.644. The minimum Gasteiger partial charge on any atom is -0.457 e. The van der Waals surface area contributed by atoms with Gasteiger partial charge in [0.2, 0.25) is 5.91 Å². The van der Waals surface area contributed by atoms with Crippen molar-refractivity contribution < 1.29 is 9.53 Å². The van der Waals surface area contributed by atoms with E-state index in [0.29, 0.717) is 17.9 Å². The van der Waals surface area contributed by atoms with Gasteiger partial charge >= 0.3 is 0 Å². The molecule has 24 heavy (non-hydrogen) atoms. The molecule has 0 aliphatic heterocycles. The second-order valence-electron chi connectivity index (χ2n) is 5.88. The second kappa shape index (κ2) is 6.68. The van der Waals surface area contributed by atoms with Gasteiger partial charge in [0.15, 0.2) is 0 Å². The number of nitrogens with two attached hydrogens (primary N) is 1. The molecule has 0 fully saturated rings. The number of primary amides is 1.